The minimum absolute atomic E-state index is 0.324. The molecule has 0 fully saturated rings. The number of halogens is 2. The van der Waals surface area contributed by atoms with Gasteiger partial charge in [0.25, 0.3) is 0 Å². The quantitative estimate of drug-likeness (QED) is 0.536. The van der Waals surface area contributed by atoms with Gasteiger partial charge in [0, 0.05) is 11.1 Å². The summed E-state index contributed by atoms with van der Waals surface area (Å²) in [7, 11) is 0. The lowest BCUT2D eigenvalue weighted by Gasteiger charge is -2.07. The zero-order valence-electron chi connectivity index (χ0n) is 12.5. The fourth-order valence-corrected chi connectivity index (χ4v) is 2.54. The molecule has 0 amide bonds. The second-order valence-electron chi connectivity index (χ2n) is 5.46. The van der Waals surface area contributed by atoms with Crippen molar-refractivity contribution in [3.05, 3.63) is 59.7 Å². The van der Waals surface area contributed by atoms with Crippen LogP contribution in [0.1, 0.15) is 44.6 Å². The molecule has 0 saturated carbocycles. The van der Waals surface area contributed by atoms with Gasteiger partial charge in [0.05, 0.1) is 0 Å². The summed E-state index contributed by atoms with van der Waals surface area (Å²) >= 11 is 0. The zero-order valence-corrected chi connectivity index (χ0v) is 12.5. The van der Waals surface area contributed by atoms with Crippen LogP contribution >= 0.6 is 0 Å². The van der Waals surface area contributed by atoms with E-state index in [1.54, 1.807) is 30.3 Å². The minimum atomic E-state index is -0.385. The SMILES string of the molecule is CCCCCCCc1ccc(-c2ccccc2F)c(F)c1. The molecule has 0 saturated heterocycles. The Hall–Kier alpha value is -1.70. The van der Waals surface area contributed by atoms with E-state index in [1.807, 2.05) is 6.07 Å². The smallest absolute Gasteiger partial charge is 0.131 e. The minimum Gasteiger partial charge on any atom is -0.206 e. The molecule has 0 aliphatic heterocycles. The third-order valence-corrected chi connectivity index (χ3v) is 3.77. The highest BCUT2D eigenvalue weighted by Gasteiger charge is 2.09. The van der Waals surface area contributed by atoms with Crippen molar-refractivity contribution in [1.29, 1.82) is 0 Å². The molecule has 2 aromatic rings. The van der Waals surface area contributed by atoms with Gasteiger partial charge in [0.15, 0.2) is 0 Å². The van der Waals surface area contributed by atoms with Crippen LogP contribution in [-0.4, -0.2) is 0 Å². The van der Waals surface area contributed by atoms with E-state index in [0.29, 0.717) is 11.1 Å². The summed E-state index contributed by atoms with van der Waals surface area (Å²) in [4.78, 5) is 0. The predicted molar refractivity (Wildman–Crippen MR) is 84.3 cm³/mol. The molecular weight excluding hydrogens is 266 g/mol. The lowest BCUT2D eigenvalue weighted by Crippen LogP contribution is -1.92. The van der Waals surface area contributed by atoms with Crippen molar-refractivity contribution in [2.45, 2.75) is 45.4 Å². The Morgan fingerprint density at radius 2 is 1.48 bits per heavy atom. The summed E-state index contributed by atoms with van der Waals surface area (Å²) in [5, 5.41) is 0. The van der Waals surface area contributed by atoms with Crippen molar-refractivity contribution in [3.63, 3.8) is 0 Å². The van der Waals surface area contributed by atoms with Gasteiger partial charge in [-0.2, -0.15) is 0 Å². The fourth-order valence-electron chi connectivity index (χ4n) is 2.54. The molecule has 2 heteroatoms. The largest absolute Gasteiger partial charge is 0.206 e. The Kier molecular flexibility index (Phi) is 5.91. The molecule has 0 aromatic heterocycles. The van der Waals surface area contributed by atoms with Crippen LogP contribution < -0.4 is 0 Å². The molecule has 0 aliphatic rings. The Morgan fingerprint density at radius 1 is 0.762 bits per heavy atom. The van der Waals surface area contributed by atoms with E-state index in [9.17, 15) is 8.78 Å². The van der Waals surface area contributed by atoms with Crippen LogP contribution in [-0.2, 0) is 6.42 Å². The van der Waals surface area contributed by atoms with Gasteiger partial charge in [-0.05, 0) is 30.5 Å². The van der Waals surface area contributed by atoms with Crippen LogP contribution in [0.15, 0.2) is 42.5 Å². The third kappa shape index (κ3) is 4.38. The molecule has 112 valence electrons. The summed E-state index contributed by atoms with van der Waals surface area (Å²) in [6.07, 6.45) is 6.89. The van der Waals surface area contributed by atoms with E-state index >= 15 is 0 Å². The zero-order chi connectivity index (χ0) is 15.1. The van der Waals surface area contributed by atoms with Gasteiger partial charge in [-0.1, -0.05) is 62.9 Å². The van der Waals surface area contributed by atoms with Gasteiger partial charge in [-0.25, -0.2) is 8.78 Å². The Labute approximate surface area is 125 Å². The molecule has 0 bridgehead atoms. The van der Waals surface area contributed by atoms with Crippen molar-refractivity contribution in [2.75, 3.05) is 0 Å². The highest BCUT2D eigenvalue weighted by molar-refractivity contribution is 5.65. The molecule has 0 heterocycles. The molecule has 2 aromatic carbocycles. The maximum atomic E-state index is 14.2. The fraction of sp³-hybridized carbons (Fsp3) is 0.368. The van der Waals surface area contributed by atoms with Crippen LogP contribution in [0, 0.1) is 11.6 Å². The van der Waals surface area contributed by atoms with Crippen molar-refractivity contribution in [3.8, 4) is 11.1 Å². The molecule has 0 spiro atoms. The number of rotatable bonds is 7. The summed E-state index contributed by atoms with van der Waals surface area (Å²) < 4.78 is 27.9. The van der Waals surface area contributed by atoms with Crippen molar-refractivity contribution in [2.24, 2.45) is 0 Å². The topological polar surface area (TPSA) is 0 Å². The summed E-state index contributed by atoms with van der Waals surface area (Å²) in [5.41, 5.74) is 1.65. The predicted octanol–water partition coefficient (Wildman–Crippen LogP) is 6.14. The monoisotopic (exact) mass is 288 g/mol. The standard InChI is InChI=1S/C19H22F2/c1-2-3-4-5-6-9-15-12-13-17(19(21)14-15)16-10-7-8-11-18(16)20/h7-8,10-14H,2-6,9H2,1H3. The first-order valence-electron chi connectivity index (χ1n) is 7.75. The van der Waals surface area contributed by atoms with E-state index < -0.39 is 0 Å². The van der Waals surface area contributed by atoms with E-state index in [1.165, 1.54) is 31.7 Å². The highest BCUT2D eigenvalue weighted by Crippen LogP contribution is 2.26. The van der Waals surface area contributed by atoms with Crippen LogP contribution in [0.25, 0.3) is 11.1 Å². The van der Waals surface area contributed by atoms with Gasteiger partial charge >= 0.3 is 0 Å². The lowest BCUT2D eigenvalue weighted by molar-refractivity contribution is 0.610. The van der Waals surface area contributed by atoms with Crippen molar-refractivity contribution >= 4 is 0 Å². The number of benzene rings is 2. The first-order valence-corrected chi connectivity index (χ1v) is 7.75. The molecule has 0 nitrogen and oxygen atoms in total. The van der Waals surface area contributed by atoms with Gasteiger partial charge in [0.1, 0.15) is 11.6 Å². The normalized spacial score (nSPS) is 10.8. The van der Waals surface area contributed by atoms with Crippen LogP contribution in [0.4, 0.5) is 8.78 Å². The van der Waals surface area contributed by atoms with E-state index in [0.717, 1.165) is 18.4 Å². The first-order chi connectivity index (χ1) is 10.2. The molecule has 0 atom stereocenters. The molecule has 0 aliphatic carbocycles. The second-order valence-corrected chi connectivity index (χ2v) is 5.46. The molecule has 0 radical (unpaired) electrons. The highest BCUT2D eigenvalue weighted by atomic mass is 19.1. The number of hydrogen-bond donors (Lipinski definition) is 0. The average Bonchev–Trinajstić information content (AvgIpc) is 2.48. The molecule has 0 N–H and O–H groups in total. The average molecular weight is 288 g/mol. The van der Waals surface area contributed by atoms with Crippen LogP contribution in [0.3, 0.4) is 0 Å². The summed E-state index contributed by atoms with van der Waals surface area (Å²) in [5.74, 6) is -0.727. The summed E-state index contributed by atoms with van der Waals surface area (Å²) in [6.45, 7) is 2.19. The number of aryl methyl sites for hydroxylation is 1. The molecular formula is C19H22F2. The van der Waals surface area contributed by atoms with Gasteiger partial charge < -0.3 is 0 Å². The van der Waals surface area contributed by atoms with E-state index in [-0.39, 0.29) is 11.6 Å². The third-order valence-electron chi connectivity index (χ3n) is 3.77. The summed E-state index contributed by atoms with van der Waals surface area (Å²) in [6, 6.07) is 11.4. The Balaban J connectivity index is 2.03. The Bertz CT molecular complexity index is 576. The molecule has 0 unspecified atom stereocenters. The van der Waals surface area contributed by atoms with Crippen molar-refractivity contribution in [1.82, 2.24) is 0 Å². The first kappa shape index (κ1) is 15.7. The van der Waals surface area contributed by atoms with E-state index in [2.05, 4.69) is 6.92 Å². The Morgan fingerprint density at radius 3 is 2.19 bits per heavy atom. The second kappa shape index (κ2) is 7.92. The number of hydrogen-bond acceptors (Lipinski definition) is 0. The maximum absolute atomic E-state index is 14.2. The van der Waals surface area contributed by atoms with Crippen molar-refractivity contribution < 1.29 is 8.78 Å². The lowest BCUT2D eigenvalue weighted by atomic mass is 10.00. The van der Waals surface area contributed by atoms with Gasteiger partial charge in [-0.3, -0.25) is 0 Å². The maximum Gasteiger partial charge on any atom is 0.131 e. The van der Waals surface area contributed by atoms with E-state index in [4.69, 9.17) is 0 Å². The van der Waals surface area contributed by atoms with Crippen LogP contribution in [0.2, 0.25) is 0 Å². The molecule has 21 heavy (non-hydrogen) atoms. The van der Waals surface area contributed by atoms with Gasteiger partial charge in [0.2, 0.25) is 0 Å². The van der Waals surface area contributed by atoms with Gasteiger partial charge in [-0.15, -0.1) is 0 Å². The number of unbranched alkanes of at least 4 members (excludes halogenated alkanes) is 4. The van der Waals surface area contributed by atoms with Crippen LogP contribution in [0.5, 0.6) is 0 Å². The molecule has 2 rings (SSSR count).